The van der Waals surface area contributed by atoms with Gasteiger partial charge in [0, 0.05) is 26.3 Å². The first-order valence-corrected chi connectivity index (χ1v) is 8.65. The molecule has 1 saturated carbocycles. The van der Waals surface area contributed by atoms with Crippen LogP contribution in [0.4, 0.5) is 0 Å². The Morgan fingerprint density at radius 1 is 1.29 bits per heavy atom. The van der Waals surface area contributed by atoms with Gasteiger partial charge >= 0.3 is 0 Å². The summed E-state index contributed by atoms with van der Waals surface area (Å²) < 4.78 is 5.25. The van der Waals surface area contributed by atoms with Crippen LogP contribution < -0.4 is 11.1 Å². The maximum atomic E-state index is 12.5. The molecule has 3 N–H and O–H groups in total. The van der Waals surface area contributed by atoms with Gasteiger partial charge in [-0.15, -0.1) is 12.4 Å². The van der Waals surface area contributed by atoms with Crippen molar-refractivity contribution >= 4 is 18.3 Å². The summed E-state index contributed by atoms with van der Waals surface area (Å²) in [6.07, 6.45) is 5.87. The third-order valence-electron chi connectivity index (χ3n) is 5.28. The molecule has 136 valence electrons. The Morgan fingerprint density at radius 3 is 2.50 bits per heavy atom. The minimum Gasteiger partial charge on any atom is -0.385 e. The number of rotatable bonds is 8. The van der Waals surface area contributed by atoms with Crippen LogP contribution >= 0.6 is 12.4 Å². The van der Waals surface area contributed by atoms with Crippen LogP contribution in [0.1, 0.15) is 50.6 Å². The molecule has 5 heteroatoms. The number of hydrogen-bond acceptors (Lipinski definition) is 3. The second-order valence-electron chi connectivity index (χ2n) is 6.89. The summed E-state index contributed by atoms with van der Waals surface area (Å²) in [6, 6.07) is 9.56. The van der Waals surface area contributed by atoms with Crippen molar-refractivity contribution in [3.05, 3.63) is 35.9 Å². The first-order valence-electron chi connectivity index (χ1n) is 8.65. The van der Waals surface area contributed by atoms with E-state index >= 15 is 0 Å². The topological polar surface area (TPSA) is 64.3 Å². The van der Waals surface area contributed by atoms with E-state index in [4.69, 9.17) is 10.5 Å². The summed E-state index contributed by atoms with van der Waals surface area (Å²) in [6.45, 7) is 3.40. The highest BCUT2D eigenvalue weighted by Crippen LogP contribution is 2.40. The molecule has 1 amide bonds. The lowest BCUT2D eigenvalue weighted by Gasteiger charge is -2.30. The molecule has 4 nitrogen and oxygen atoms in total. The lowest BCUT2D eigenvalue weighted by Crippen LogP contribution is -2.41. The first-order chi connectivity index (χ1) is 11.1. The highest BCUT2D eigenvalue weighted by molar-refractivity contribution is 5.85. The van der Waals surface area contributed by atoms with E-state index in [1.54, 1.807) is 7.11 Å². The lowest BCUT2D eigenvalue weighted by atomic mass is 9.82. The van der Waals surface area contributed by atoms with Crippen LogP contribution in [0, 0.1) is 11.3 Å². The zero-order valence-electron chi connectivity index (χ0n) is 14.8. The van der Waals surface area contributed by atoms with Gasteiger partial charge in [0.1, 0.15) is 0 Å². The summed E-state index contributed by atoms with van der Waals surface area (Å²) in [5.74, 6) is -0.191. The molecule has 0 heterocycles. The van der Waals surface area contributed by atoms with Crippen molar-refractivity contribution in [1.82, 2.24) is 5.32 Å². The Morgan fingerprint density at radius 2 is 1.92 bits per heavy atom. The summed E-state index contributed by atoms with van der Waals surface area (Å²) in [5.41, 5.74) is 7.47. The van der Waals surface area contributed by atoms with Gasteiger partial charge in [-0.25, -0.2) is 0 Å². The summed E-state index contributed by atoms with van der Waals surface area (Å²) in [4.78, 5) is 12.5. The molecular weight excluding hydrogens is 324 g/mol. The van der Waals surface area contributed by atoms with Gasteiger partial charge in [-0.3, -0.25) is 4.79 Å². The third kappa shape index (κ3) is 5.47. The third-order valence-corrected chi connectivity index (χ3v) is 5.28. The number of benzene rings is 1. The van der Waals surface area contributed by atoms with Crippen LogP contribution in [0.3, 0.4) is 0 Å². The zero-order chi connectivity index (χ0) is 16.7. The molecule has 2 atom stereocenters. The number of methoxy groups -OCH3 is 1. The minimum atomic E-state index is -0.269. The van der Waals surface area contributed by atoms with Crippen LogP contribution in [0.15, 0.2) is 30.3 Å². The molecule has 1 aliphatic carbocycles. The van der Waals surface area contributed by atoms with E-state index in [2.05, 4.69) is 5.32 Å². The summed E-state index contributed by atoms with van der Waals surface area (Å²) >= 11 is 0. The molecule has 2 rings (SSSR count). The Bertz CT molecular complexity index is 489. The smallest absolute Gasteiger partial charge is 0.224 e. The fraction of sp³-hybridized carbons (Fsp3) is 0.632. The lowest BCUT2D eigenvalue weighted by molar-refractivity contribution is -0.125. The number of nitrogens with one attached hydrogen (secondary N) is 1. The monoisotopic (exact) mass is 354 g/mol. The van der Waals surface area contributed by atoms with Gasteiger partial charge in [-0.05, 0) is 30.2 Å². The molecule has 1 aromatic carbocycles. The van der Waals surface area contributed by atoms with Gasteiger partial charge in [0.05, 0.1) is 5.92 Å². The average Bonchev–Trinajstić information content (AvgIpc) is 3.06. The van der Waals surface area contributed by atoms with Gasteiger partial charge < -0.3 is 15.8 Å². The van der Waals surface area contributed by atoms with Crippen molar-refractivity contribution in [2.75, 3.05) is 20.3 Å². The van der Waals surface area contributed by atoms with Gasteiger partial charge in [-0.2, -0.15) is 0 Å². The van der Waals surface area contributed by atoms with Crippen LogP contribution in [0.2, 0.25) is 0 Å². The molecule has 0 radical (unpaired) electrons. The van der Waals surface area contributed by atoms with E-state index in [0.717, 1.165) is 25.1 Å². The van der Waals surface area contributed by atoms with E-state index in [0.29, 0.717) is 0 Å². The number of nitrogens with two attached hydrogens (primary N) is 1. The van der Waals surface area contributed by atoms with Gasteiger partial charge in [0.25, 0.3) is 0 Å². The number of carbonyl (C=O) groups is 1. The molecule has 1 aromatic rings. The molecule has 1 aliphatic rings. The van der Waals surface area contributed by atoms with Crippen LogP contribution in [0.25, 0.3) is 0 Å². The normalized spacial score (nSPS) is 18.5. The molecule has 0 aliphatic heterocycles. The van der Waals surface area contributed by atoms with Gasteiger partial charge in [0.2, 0.25) is 5.91 Å². The van der Waals surface area contributed by atoms with Crippen LogP contribution in [-0.4, -0.2) is 26.2 Å². The van der Waals surface area contributed by atoms with Crippen LogP contribution in [0.5, 0.6) is 0 Å². The largest absolute Gasteiger partial charge is 0.385 e. The molecule has 24 heavy (non-hydrogen) atoms. The Hall–Kier alpha value is -1.10. The Kier molecular flexibility index (Phi) is 8.74. The minimum absolute atomic E-state index is 0. The maximum Gasteiger partial charge on any atom is 0.224 e. The van der Waals surface area contributed by atoms with E-state index in [-0.39, 0.29) is 35.7 Å². The number of amides is 1. The van der Waals surface area contributed by atoms with Gasteiger partial charge in [0.15, 0.2) is 0 Å². The Balaban J connectivity index is 0.00000288. The molecule has 1 fully saturated rings. The fourth-order valence-corrected chi connectivity index (χ4v) is 3.52. The molecule has 0 bridgehead atoms. The summed E-state index contributed by atoms with van der Waals surface area (Å²) in [7, 11) is 1.74. The van der Waals surface area contributed by atoms with Crippen LogP contribution in [-0.2, 0) is 9.53 Å². The number of carbonyl (C=O) groups excluding carboxylic acids is 1. The predicted octanol–water partition coefficient (Wildman–Crippen LogP) is 3.46. The molecule has 2 unspecified atom stereocenters. The highest BCUT2D eigenvalue weighted by atomic mass is 35.5. The zero-order valence-corrected chi connectivity index (χ0v) is 15.6. The van der Waals surface area contributed by atoms with Crippen molar-refractivity contribution in [2.45, 2.75) is 45.1 Å². The average molecular weight is 355 g/mol. The second-order valence-corrected chi connectivity index (χ2v) is 6.89. The van der Waals surface area contributed by atoms with Crippen molar-refractivity contribution < 1.29 is 9.53 Å². The number of ether oxygens (including phenoxy) is 1. The Labute approximate surface area is 151 Å². The number of hydrogen-bond donors (Lipinski definition) is 2. The van der Waals surface area contributed by atoms with E-state index < -0.39 is 0 Å². The molecule has 0 spiro atoms. The SMILES string of the molecule is COCCC1(CNC(=O)C(C)C(N)c2ccccc2)CCCC1.Cl. The highest BCUT2D eigenvalue weighted by Gasteiger charge is 2.34. The van der Waals surface area contributed by atoms with E-state index in [9.17, 15) is 4.79 Å². The molecule has 0 saturated heterocycles. The molecule has 0 aromatic heterocycles. The first kappa shape index (κ1) is 20.9. The number of halogens is 1. The predicted molar refractivity (Wildman–Crippen MR) is 100 cm³/mol. The van der Waals surface area contributed by atoms with Crippen molar-refractivity contribution in [2.24, 2.45) is 17.1 Å². The van der Waals surface area contributed by atoms with Gasteiger partial charge in [-0.1, -0.05) is 50.1 Å². The van der Waals surface area contributed by atoms with Crippen molar-refractivity contribution in [3.63, 3.8) is 0 Å². The van der Waals surface area contributed by atoms with Crippen molar-refractivity contribution in [1.29, 1.82) is 0 Å². The maximum absolute atomic E-state index is 12.5. The standard InChI is InChI=1S/C19H30N2O2.ClH/c1-15(17(20)16-8-4-3-5-9-16)18(22)21-14-19(12-13-23-2)10-6-7-11-19;/h3-5,8-9,15,17H,6-7,10-14,20H2,1-2H3,(H,21,22);1H. The molecular formula is C19H31ClN2O2. The van der Waals surface area contributed by atoms with E-state index in [1.165, 1.54) is 25.7 Å². The second kappa shape index (κ2) is 10.0. The van der Waals surface area contributed by atoms with E-state index in [1.807, 2.05) is 37.3 Å². The summed E-state index contributed by atoms with van der Waals surface area (Å²) in [5, 5.41) is 3.15. The fourth-order valence-electron chi connectivity index (χ4n) is 3.52. The van der Waals surface area contributed by atoms with Crippen molar-refractivity contribution in [3.8, 4) is 0 Å². The quantitative estimate of drug-likeness (QED) is 0.751.